The second-order valence-corrected chi connectivity index (χ2v) is 14.4. The summed E-state index contributed by atoms with van der Waals surface area (Å²) in [6.07, 6.45) is 1.18. The number of methoxy groups -OCH3 is 1. The van der Waals surface area contributed by atoms with Gasteiger partial charge in [-0.3, -0.25) is 9.69 Å². The van der Waals surface area contributed by atoms with E-state index >= 15 is 4.39 Å². The van der Waals surface area contributed by atoms with E-state index in [4.69, 9.17) is 10.5 Å². The third kappa shape index (κ3) is 8.41. The Morgan fingerprint density at radius 2 is 1.89 bits per heavy atom. The molecule has 0 saturated carbocycles. The molecule has 5 heterocycles. The number of amides is 1. The molecule has 3 fully saturated rings. The van der Waals surface area contributed by atoms with Crippen molar-refractivity contribution < 1.29 is 35.9 Å². The number of hydrogen-bond donors (Lipinski definition) is 2. The molecule has 3 atom stereocenters. The quantitative estimate of drug-likeness (QED) is 0.188. The molecule has 3 aliphatic rings. The number of carbonyl (C=O) groups excluding carboxylic acids is 1. The molecular formula is C37H43F6N7O2S. The number of nitrogens with zero attached hydrogens (tertiary/aromatic N) is 5. The number of fused-ring (bicyclic) bond motifs is 3. The van der Waals surface area contributed by atoms with Gasteiger partial charge in [0.15, 0.2) is 5.82 Å². The fourth-order valence-corrected chi connectivity index (χ4v) is 7.99. The predicted molar refractivity (Wildman–Crippen MR) is 194 cm³/mol. The second-order valence-electron chi connectivity index (χ2n) is 13.3. The molecule has 286 valence electrons. The van der Waals surface area contributed by atoms with Gasteiger partial charge in [-0.2, -0.15) is 28.4 Å². The number of nitriles is 1. The largest absolute Gasteiger partial charge is 0.467 e. The first-order valence-corrected chi connectivity index (χ1v) is 18.5. The number of aromatic nitrogens is 2. The first kappa shape index (κ1) is 39.8. The lowest BCUT2D eigenvalue weighted by atomic mass is 9.92. The molecule has 4 aromatic rings. The number of benzene rings is 2. The van der Waals surface area contributed by atoms with E-state index in [0.29, 0.717) is 29.8 Å². The second kappa shape index (κ2) is 16.8. The van der Waals surface area contributed by atoms with Gasteiger partial charge in [0.25, 0.3) is 0 Å². The molecule has 0 radical (unpaired) electrons. The molecule has 0 aliphatic carbocycles. The van der Waals surface area contributed by atoms with Crippen LogP contribution >= 0.6 is 11.3 Å². The zero-order valence-electron chi connectivity index (χ0n) is 30.0. The Hall–Kier alpha value is -4.36. The number of nitrogens with two attached hydrogens (primary N) is 1. The maximum Gasteiger partial charge on any atom is 0.417 e. The van der Waals surface area contributed by atoms with Gasteiger partial charge in [0, 0.05) is 54.5 Å². The molecular weight excluding hydrogens is 721 g/mol. The van der Waals surface area contributed by atoms with Crippen LogP contribution in [-0.4, -0.2) is 77.7 Å². The summed E-state index contributed by atoms with van der Waals surface area (Å²) in [4.78, 5) is 23.7. The van der Waals surface area contributed by atoms with Crippen LogP contribution in [0.1, 0.15) is 70.4 Å². The Labute approximate surface area is 308 Å². The van der Waals surface area contributed by atoms with Crippen molar-refractivity contribution in [2.24, 2.45) is 5.92 Å². The summed E-state index contributed by atoms with van der Waals surface area (Å²) in [5, 5.41) is 11.8. The summed E-state index contributed by atoms with van der Waals surface area (Å²) in [7, 11) is 1.23. The van der Waals surface area contributed by atoms with Gasteiger partial charge in [0.05, 0.1) is 22.9 Å². The smallest absolute Gasteiger partial charge is 0.417 e. The molecule has 0 spiro atoms. The van der Waals surface area contributed by atoms with Crippen LogP contribution in [0.2, 0.25) is 0 Å². The van der Waals surface area contributed by atoms with Gasteiger partial charge in [0.1, 0.15) is 34.4 Å². The lowest BCUT2D eigenvalue weighted by Gasteiger charge is -2.18. The number of ether oxygens (including phenoxy) is 1. The predicted octanol–water partition coefficient (Wildman–Crippen LogP) is 8.55. The van der Waals surface area contributed by atoms with Crippen LogP contribution in [0.5, 0.6) is 6.01 Å². The third-order valence-electron chi connectivity index (χ3n) is 9.85. The number of halogens is 6. The number of alkyl halides is 4. The summed E-state index contributed by atoms with van der Waals surface area (Å²) in [6.45, 7) is 9.90. The Kier molecular flexibility index (Phi) is 12.6. The number of likely N-dealkylation sites (tertiary alicyclic amines) is 1. The van der Waals surface area contributed by atoms with Crippen molar-refractivity contribution in [2.75, 3.05) is 50.9 Å². The molecule has 2 aromatic heterocycles. The minimum Gasteiger partial charge on any atom is -0.467 e. The Morgan fingerprint density at radius 1 is 1.17 bits per heavy atom. The van der Waals surface area contributed by atoms with Crippen LogP contribution < -0.4 is 15.8 Å². The highest BCUT2D eigenvalue weighted by molar-refractivity contribution is 7.23. The van der Waals surface area contributed by atoms with Crippen molar-refractivity contribution in [2.45, 2.75) is 77.7 Å². The van der Waals surface area contributed by atoms with Crippen LogP contribution in [0.25, 0.3) is 32.1 Å². The SMILES string of the molecule is CCC(C)C(=O)N1CCCC1.CCNc1nc(OC)nc2c(F)c(-c3ccc(F)c4sc(N)c(C#N)c34)c(C(F)(F)F)cc12.FC1CC2CCCN2C1. The maximum absolute atomic E-state index is 15.9. The van der Waals surface area contributed by atoms with Crippen molar-refractivity contribution in [3.63, 3.8) is 0 Å². The average molecular weight is 764 g/mol. The summed E-state index contributed by atoms with van der Waals surface area (Å²) < 4.78 is 90.2. The highest BCUT2D eigenvalue weighted by atomic mass is 32.1. The van der Waals surface area contributed by atoms with Crippen molar-refractivity contribution >= 4 is 49.1 Å². The topological polar surface area (TPSA) is 120 Å². The fourth-order valence-electron chi connectivity index (χ4n) is 7.05. The van der Waals surface area contributed by atoms with E-state index in [1.807, 2.05) is 11.8 Å². The van der Waals surface area contributed by atoms with Crippen molar-refractivity contribution in [1.29, 1.82) is 5.26 Å². The number of nitrogen functional groups attached to an aromatic ring is 1. The first-order valence-electron chi connectivity index (χ1n) is 17.7. The van der Waals surface area contributed by atoms with Gasteiger partial charge >= 0.3 is 12.2 Å². The van der Waals surface area contributed by atoms with Crippen LogP contribution in [0, 0.1) is 28.9 Å². The van der Waals surface area contributed by atoms with Crippen molar-refractivity contribution in [3.05, 3.63) is 41.0 Å². The standard InChI is InChI=1S/C21H14F5N5OS.C9H17NO.C7H12FN/c1-3-29-19-9-6-11(21(24,25)26)14(15(23)16(9)30-20(31-19)32-2)8-4-5-12(22)17-13(8)10(7-27)18(28)33-17;1-3-8(2)9(11)10-6-4-5-7-10;8-6-4-7-2-1-3-9(7)5-6/h4-6H,3,28H2,1-2H3,(H,29,30,31);8H,3-7H2,1-2H3;6-7H,1-5H2. The van der Waals surface area contributed by atoms with Crippen LogP contribution in [-0.2, 0) is 11.0 Å². The van der Waals surface area contributed by atoms with Crippen molar-refractivity contribution in [1.82, 2.24) is 19.8 Å². The zero-order valence-corrected chi connectivity index (χ0v) is 30.9. The lowest BCUT2D eigenvalue weighted by Crippen LogP contribution is -2.32. The van der Waals surface area contributed by atoms with E-state index in [-0.39, 0.29) is 55.9 Å². The van der Waals surface area contributed by atoms with Gasteiger partial charge in [0.2, 0.25) is 5.91 Å². The zero-order chi connectivity index (χ0) is 38.6. The minimum atomic E-state index is -5.00. The fraction of sp³-hybridized carbons (Fsp3) is 0.514. The number of anilines is 2. The highest BCUT2D eigenvalue weighted by Gasteiger charge is 2.38. The Morgan fingerprint density at radius 3 is 2.49 bits per heavy atom. The summed E-state index contributed by atoms with van der Waals surface area (Å²) >= 11 is 0.698. The van der Waals surface area contributed by atoms with Gasteiger partial charge in [-0.15, -0.1) is 11.3 Å². The molecule has 3 saturated heterocycles. The van der Waals surface area contributed by atoms with E-state index in [9.17, 15) is 32.0 Å². The summed E-state index contributed by atoms with van der Waals surface area (Å²) in [5.41, 5.74) is 2.59. The molecule has 7 rings (SSSR count). The number of thiophene rings is 1. The molecule has 1 amide bonds. The molecule has 16 heteroatoms. The highest BCUT2D eigenvalue weighted by Crippen LogP contribution is 2.47. The number of hydrogen-bond acceptors (Lipinski definition) is 9. The molecule has 3 unspecified atom stereocenters. The van der Waals surface area contributed by atoms with Gasteiger partial charge < -0.3 is 20.7 Å². The van der Waals surface area contributed by atoms with E-state index in [1.54, 1.807) is 13.0 Å². The Balaban J connectivity index is 0.000000217. The van der Waals surface area contributed by atoms with Gasteiger partial charge in [-0.1, -0.05) is 19.9 Å². The molecule has 9 nitrogen and oxygen atoms in total. The molecule has 2 aromatic carbocycles. The Bertz CT molecular complexity index is 1980. The average Bonchev–Trinajstić information content (AvgIpc) is 3.94. The monoisotopic (exact) mass is 763 g/mol. The van der Waals surface area contributed by atoms with Crippen LogP contribution in [0.3, 0.4) is 0 Å². The molecule has 0 bridgehead atoms. The van der Waals surface area contributed by atoms with Gasteiger partial charge in [-0.05, 0) is 69.7 Å². The normalized spacial score (nSPS) is 18.9. The molecule has 53 heavy (non-hydrogen) atoms. The number of carbonyl (C=O) groups is 1. The molecule has 3 aliphatic heterocycles. The minimum absolute atomic E-state index is 0.0444. The van der Waals surface area contributed by atoms with Crippen LogP contribution in [0.15, 0.2) is 18.2 Å². The number of nitrogens with one attached hydrogen (secondary N) is 1. The first-order chi connectivity index (χ1) is 25.2. The third-order valence-corrected chi connectivity index (χ3v) is 10.9. The summed E-state index contributed by atoms with van der Waals surface area (Å²) in [6, 6.07) is 4.75. The maximum atomic E-state index is 15.9. The molecule has 3 N–H and O–H groups in total. The summed E-state index contributed by atoms with van der Waals surface area (Å²) in [5.74, 6) is -1.57. The lowest BCUT2D eigenvalue weighted by molar-refractivity contribution is -0.137. The van der Waals surface area contributed by atoms with Crippen molar-refractivity contribution in [3.8, 4) is 23.2 Å². The van der Waals surface area contributed by atoms with Crippen LogP contribution in [0.4, 0.5) is 37.2 Å². The van der Waals surface area contributed by atoms with E-state index in [2.05, 4.69) is 27.1 Å². The number of rotatable bonds is 6. The van der Waals surface area contributed by atoms with E-state index in [0.717, 1.165) is 50.7 Å². The van der Waals surface area contributed by atoms with E-state index < -0.39 is 40.6 Å². The van der Waals surface area contributed by atoms with Gasteiger partial charge in [-0.25, -0.2) is 13.2 Å². The van der Waals surface area contributed by atoms with E-state index in [1.165, 1.54) is 32.8 Å².